The van der Waals surface area contributed by atoms with Gasteiger partial charge in [-0.2, -0.15) is 0 Å². The van der Waals surface area contributed by atoms with Crippen molar-refractivity contribution in [3.8, 4) is 0 Å². The third kappa shape index (κ3) is 1.10. The van der Waals surface area contributed by atoms with Gasteiger partial charge in [0.2, 0.25) is 5.91 Å². The van der Waals surface area contributed by atoms with Crippen molar-refractivity contribution in [3.05, 3.63) is 33.9 Å². The Balaban J connectivity index is 2.87. The highest BCUT2D eigenvalue weighted by molar-refractivity contribution is 5.98. The van der Waals surface area contributed by atoms with E-state index in [1.165, 1.54) is 12.1 Å². The van der Waals surface area contributed by atoms with E-state index >= 15 is 0 Å². The third-order valence-corrected chi connectivity index (χ3v) is 2.01. The summed E-state index contributed by atoms with van der Waals surface area (Å²) in [7, 11) is 0. The van der Waals surface area contributed by atoms with Crippen LogP contribution in [-0.4, -0.2) is 5.91 Å². The first kappa shape index (κ1) is 8.55. The predicted octanol–water partition coefficient (Wildman–Crippen LogP) is 0.793. The fraction of sp³-hybridized carbons (Fsp3) is 0.111. The first-order valence-corrected chi connectivity index (χ1v) is 3.92. The molecule has 5 nitrogen and oxygen atoms in total. The summed E-state index contributed by atoms with van der Waals surface area (Å²) >= 11 is 0. The first-order chi connectivity index (χ1) is 6.59. The molecular weight excluding hydrogens is 186 g/mol. The zero-order valence-corrected chi connectivity index (χ0v) is 7.37. The van der Waals surface area contributed by atoms with Crippen LogP contribution in [0.4, 0.5) is 0 Å². The Hall–Kier alpha value is -2.04. The summed E-state index contributed by atoms with van der Waals surface area (Å²) in [6.07, 6.45) is 0. The number of amides is 1. The Morgan fingerprint density at radius 1 is 1.36 bits per heavy atom. The van der Waals surface area contributed by atoms with E-state index in [1.54, 1.807) is 6.92 Å². The van der Waals surface area contributed by atoms with Gasteiger partial charge in [-0.25, -0.2) is 4.79 Å². The Morgan fingerprint density at radius 2 is 2.07 bits per heavy atom. The lowest BCUT2D eigenvalue weighted by Gasteiger charge is -1.98. The van der Waals surface area contributed by atoms with Gasteiger partial charge in [0, 0.05) is 11.1 Å². The van der Waals surface area contributed by atoms with Gasteiger partial charge in [-0.05, 0) is 19.1 Å². The number of hydrogen-bond donors (Lipinski definition) is 1. The van der Waals surface area contributed by atoms with E-state index in [4.69, 9.17) is 14.6 Å². The maximum atomic E-state index is 10.9. The molecule has 0 bridgehead atoms. The summed E-state index contributed by atoms with van der Waals surface area (Å²) in [5.74, 6) is -1.35. The van der Waals surface area contributed by atoms with Gasteiger partial charge in [0.25, 0.3) is 0 Å². The Kier molecular flexibility index (Phi) is 1.67. The maximum Gasteiger partial charge on any atom is 0.519 e. The largest absolute Gasteiger partial charge is 0.519 e. The molecule has 0 saturated carbocycles. The van der Waals surface area contributed by atoms with Gasteiger partial charge < -0.3 is 14.6 Å². The number of rotatable bonds is 1. The summed E-state index contributed by atoms with van der Waals surface area (Å²) in [6, 6.07) is 2.98. The highest BCUT2D eigenvalue weighted by Crippen LogP contribution is 2.20. The molecule has 0 aliphatic carbocycles. The number of nitrogens with two attached hydrogens (primary N) is 1. The molecule has 1 aromatic carbocycles. The molecule has 0 unspecified atom stereocenters. The van der Waals surface area contributed by atoms with Crippen molar-refractivity contribution >= 4 is 17.1 Å². The minimum atomic E-state index is -0.787. The second kappa shape index (κ2) is 2.73. The van der Waals surface area contributed by atoms with Gasteiger partial charge in [-0.1, -0.05) is 0 Å². The monoisotopic (exact) mass is 193 g/mol. The van der Waals surface area contributed by atoms with Crippen LogP contribution in [0.25, 0.3) is 11.2 Å². The molecule has 1 amide bonds. The normalized spacial score (nSPS) is 10.6. The van der Waals surface area contributed by atoms with Crippen LogP contribution in [0.15, 0.2) is 25.8 Å². The fourth-order valence-corrected chi connectivity index (χ4v) is 1.33. The zero-order chi connectivity index (χ0) is 10.3. The van der Waals surface area contributed by atoms with Crippen LogP contribution in [0.1, 0.15) is 15.9 Å². The Bertz CT molecular complexity index is 564. The second-order valence-corrected chi connectivity index (χ2v) is 2.88. The predicted molar refractivity (Wildman–Crippen MR) is 48.0 cm³/mol. The number of fused-ring (bicyclic) bond motifs is 1. The van der Waals surface area contributed by atoms with Crippen molar-refractivity contribution in [2.45, 2.75) is 6.92 Å². The number of primary amides is 1. The molecule has 1 aromatic heterocycles. The van der Waals surface area contributed by atoms with E-state index in [-0.39, 0.29) is 5.58 Å². The Morgan fingerprint density at radius 3 is 2.71 bits per heavy atom. The second-order valence-electron chi connectivity index (χ2n) is 2.88. The molecule has 2 N–H and O–H groups in total. The summed E-state index contributed by atoms with van der Waals surface area (Å²) in [4.78, 5) is 21.7. The molecule has 72 valence electrons. The van der Waals surface area contributed by atoms with Crippen LogP contribution < -0.4 is 11.6 Å². The Labute approximate surface area is 78.1 Å². The van der Waals surface area contributed by atoms with Crippen molar-refractivity contribution in [1.82, 2.24) is 0 Å². The van der Waals surface area contributed by atoms with Crippen molar-refractivity contribution in [3.63, 3.8) is 0 Å². The number of carbonyl (C=O) groups excluding carboxylic acids is 1. The van der Waals surface area contributed by atoms with Crippen LogP contribution in [-0.2, 0) is 0 Å². The van der Waals surface area contributed by atoms with E-state index in [2.05, 4.69) is 0 Å². The lowest BCUT2D eigenvalue weighted by Crippen LogP contribution is -2.12. The van der Waals surface area contributed by atoms with Crippen molar-refractivity contribution < 1.29 is 13.6 Å². The SMILES string of the molecule is Cc1c(C(N)=O)ccc2oc(=O)oc12. The highest BCUT2D eigenvalue weighted by Gasteiger charge is 2.13. The summed E-state index contributed by atoms with van der Waals surface area (Å²) < 4.78 is 9.47. The molecule has 0 aliphatic heterocycles. The molecule has 0 aliphatic rings. The number of carbonyl (C=O) groups is 1. The molecule has 0 spiro atoms. The molecule has 2 rings (SSSR count). The smallest absolute Gasteiger partial charge is 0.391 e. The zero-order valence-electron chi connectivity index (χ0n) is 7.37. The molecule has 14 heavy (non-hydrogen) atoms. The molecule has 0 fully saturated rings. The van der Waals surface area contributed by atoms with E-state index in [9.17, 15) is 9.59 Å². The molecule has 0 atom stereocenters. The minimum Gasteiger partial charge on any atom is -0.391 e. The molecule has 0 saturated heterocycles. The van der Waals surface area contributed by atoms with E-state index in [1.807, 2.05) is 0 Å². The standard InChI is InChI=1S/C9H7NO4/c1-4-5(8(10)11)2-3-6-7(4)14-9(12)13-6/h2-3H,1H3,(H2,10,11). The van der Waals surface area contributed by atoms with Gasteiger partial charge in [-0.15, -0.1) is 0 Å². The molecular formula is C9H7NO4. The van der Waals surface area contributed by atoms with Gasteiger partial charge >= 0.3 is 5.82 Å². The molecule has 2 aromatic rings. The maximum absolute atomic E-state index is 10.9. The highest BCUT2D eigenvalue weighted by atomic mass is 16.6. The summed E-state index contributed by atoms with van der Waals surface area (Å²) in [6.45, 7) is 1.64. The lowest BCUT2D eigenvalue weighted by molar-refractivity contribution is 0.0999. The summed E-state index contributed by atoms with van der Waals surface area (Å²) in [5.41, 5.74) is 6.55. The van der Waals surface area contributed by atoms with E-state index in [0.29, 0.717) is 16.7 Å². The van der Waals surface area contributed by atoms with Crippen LogP contribution in [0.5, 0.6) is 0 Å². The van der Waals surface area contributed by atoms with Gasteiger partial charge in [0.15, 0.2) is 11.2 Å². The fourth-order valence-electron chi connectivity index (χ4n) is 1.33. The average molecular weight is 193 g/mol. The van der Waals surface area contributed by atoms with Crippen LogP contribution >= 0.6 is 0 Å². The molecule has 5 heteroatoms. The van der Waals surface area contributed by atoms with Crippen LogP contribution in [0, 0.1) is 6.92 Å². The van der Waals surface area contributed by atoms with Gasteiger partial charge in [0.1, 0.15) is 0 Å². The quantitative estimate of drug-likeness (QED) is 0.725. The number of aryl methyl sites for hydroxylation is 1. The lowest BCUT2D eigenvalue weighted by atomic mass is 10.1. The van der Waals surface area contributed by atoms with Crippen molar-refractivity contribution in [1.29, 1.82) is 0 Å². The number of hydrogen-bond acceptors (Lipinski definition) is 4. The topological polar surface area (TPSA) is 86.4 Å². The molecule has 1 heterocycles. The molecule has 0 radical (unpaired) electrons. The van der Waals surface area contributed by atoms with Crippen molar-refractivity contribution in [2.24, 2.45) is 5.73 Å². The van der Waals surface area contributed by atoms with Crippen LogP contribution in [0.2, 0.25) is 0 Å². The van der Waals surface area contributed by atoms with Gasteiger partial charge in [0.05, 0.1) is 0 Å². The van der Waals surface area contributed by atoms with E-state index < -0.39 is 11.7 Å². The average Bonchev–Trinajstić information content (AvgIpc) is 2.46. The van der Waals surface area contributed by atoms with E-state index in [0.717, 1.165) is 0 Å². The number of benzene rings is 1. The first-order valence-electron chi connectivity index (χ1n) is 3.92. The summed E-state index contributed by atoms with van der Waals surface area (Å²) in [5, 5.41) is 0. The van der Waals surface area contributed by atoms with Crippen molar-refractivity contribution in [2.75, 3.05) is 0 Å². The van der Waals surface area contributed by atoms with Gasteiger partial charge in [-0.3, -0.25) is 4.79 Å². The van der Waals surface area contributed by atoms with Crippen LogP contribution in [0.3, 0.4) is 0 Å². The third-order valence-electron chi connectivity index (χ3n) is 2.01. The minimum absolute atomic E-state index is 0.270.